The van der Waals surface area contributed by atoms with Gasteiger partial charge in [0.1, 0.15) is 25.4 Å². The molecule has 2 rings (SSSR count). The zero-order valence-corrected chi connectivity index (χ0v) is 26.9. The fourth-order valence-corrected chi connectivity index (χ4v) is 4.73. The molecule has 2 heterocycles. The van der Waals surface area contributed by atoms with Crippen LogP contribution in [-0.2, 0) is 90.5 Å². The lowest BCUT2D eigenvalue weighted by atomic mass is 9.96. The minimum absolute atomic E-state index is 0.561. The van der Waals surface area contributed by atoms with Gasteiger partial charge in [0.25, 0.3) is 0 Å². The molecule has 2 saturated heterocycles. The number of rotatable bonds is 12. The summed E-state index contributed by atoms with van der Waals surface area (Å²) in [6.07, 6.45) is -16.4. The van der Waals surface area contributed by atoms with E-state index in [0.717, 1.165) is 55.4 Å². The van der Waals surface area contributed by atoms with Gasteiger partial charge in [-0.25, -0.2) is 0 Å². The zero-order chi connectivity index (χ0) is 35.6. The van der Waals surface area contributed by atoms with Crippen molar-refractivity contribution in [3.05, 3.63) is 0 Å². The van der Waals surface area contributed by atoms with Gasteiger partial charge in [-0.15, -0.1) is 0 Å². The molecular weight excluding hydrogens is 640 g/mol. The highest BCUT2D eigenvalue weighted by Crippen LogP contribution is 2.35. The molecule has 264 valence electrons. The highest BCUT2D eigenvalue weighted by Gasteiger charge is 2.58. The molecule has 2 aliphatic heterocycles. The molecular formula is C28H38O19. The standard InChI is InChI=1S/C28H38O19/c1-11(29)37-9-19-22(40-14(4)32)24(42-16(6)34)26(27(45-19)44-18(8)36)47-28-25(43-17(7)35)23(41-15(5)33)21(39-13(3)31)20(46-28)10-38-12(2)30/h19-28H,9-10H2,1-8H3/t19-,20+,21+,22-,23+,24+,25+,26-,27-,28-/m0/s1. The lowest BCUT2D eigenvalue weighted by molar-refractivity contribution is -0.363. The minimum Gasteiger partial charge on any atom is -0.463 e. The summed E-state index contributed by atoms with van der Waals surface area (Å²) in [5.41, 5.74) is 0. The van der Waals surface area contributed by atoms with Gasteiger partial charge in [0, 0.05) is 55.4 Å². The van der Waals surface area contributed by atoms with Crippen molar-refractivity contribution in [1.82, 2.24) is 0 Å². The number of carbonyl (C=O) groups excluding carboxylic acids is 8. The summed E-state index contributed by atoms with van der Waals surface area (Å²) in [7, 11) is 0. The van der Waals surface area contributed by atoms with Crippen molar-refractivity contribution in [3.8, 4) is 0 Å². The molecule has 19 nitrogen and oxygen atoms in total. The molecule has 0 unspecified atom stereocenters. The molecule has 0 aromatic rings. The molecule has 19 heteroatoms. The molecule has 0 radical (unpaired) electrons. The maximum absolute atomic E-state index is 12.3. The second-order valence-corrected chi connectivity index (χ2v) is 10.3. The Morgan fingerprint density at radius 2 is 0.702 bits per heavy atom. The molecule has 0 aliphatic carbocycles. The number of esters is 8. The number of ether oxygens (including phenoxy) is 11. The van der Waals surface area contributed by atoms with Crippen LogP contribution in [0.15, 0.2) is 0 Å². The Morgan fingerprint density at radius 3 is 1.06 bits per heavy atom. The molecule has 10 atom stereocenters. The van der Waals surface area contributed by atoms with Gasteiger partial charge in [-0.05, 0) is 0 Å². The molecule has 0 amide bonds. The maximum Gasteiger partial charge on any atom is 0.305 e. The highest BCUT2D eigenvalue weighted by molar-refractivity contribution is 5.69. The quantitative estimate of drug-likeness (QED) is 0.181. The summed E-state index contributed by atoms with van der Waals surface area (Å²) in [6, 6.07) is 0. The molecule has 0 N–H and O–H groups in total. The van der Waals surface area contributed by atoms with E-state index in [2.05, 4.69) is 0 Å². The van der Waals surface area contributed by atoms with Crippen molar-refractivity contribution in [3.63, 3.8) is 0 Å². The smallest absolute Gasteiger partial charge is 0.305 e. The third-order valence-electron chi connectivity index (χ3n) is 6.17. The van der Waals surface area contributed by atoms with Gasteiger partial charge < -0.3 is 52.1 Å². The monoisotopic (exact) mass is 678 g/mol. The molecule has 2 fully saturated rings. The predicted molar refractivity (Wildman–Crippen MR) is 145 cm³/mol. The Hall–Kier alpha value is -4.36. The lowest BCUT2D eigenvalue weighted by Crippen LogP contribution is -2.67. The number of hydrogen-bond acceptors (Lipinski definition) is 19. The van der Waals surface area contributed by atoms with Gasteiger partial charge in [-0.3, -0.25) is 38.4 Å². The van der Waals surface area contributed by atoms with E-state index in [9.17, 15) is 38.4 Å². The topological polar surface area (TPSA) is 238 Å². The molecule has 0 spiro atoms. The fraction of sp³-hybridized carbons (Fsp3) is 0.714. The van der Waals surface area contributed by atoms with E-state index in [1.807, 2.05) is 0 Å². The van der Waals surface area contributed by atoms with E-state index in [0.29, 0.717) is 0 Å². The van der Waals surface area contributed by atoms with Crippen molar-refractivity contribution in [2.45, 2.75) is 117 Å². The summed E-state index contributed by atoms with van der Waals surface area (Å²) in [5, 5.41) is 0. The Labute approximate surface area is 268 Å². The van der Waals surface area contributed by atoms with E-state index in [1.165, 1.54) is 0 Å². The summed E-state index contributed by atoms with van der Waals surface area (Å²) in [6.45, 7) is 7.10. The van der Waals surface area contributed by atoms with Gasteiger partial charge in [-0.1, -0.05) is 0 Å². The first-order valence-corrected chi connectivity index (χ1v) is 14.2. The van der Waals surface area contributed by atoms with Crippen LogP contribution in [0.1, 0.15) is 55.4 Å². The number of hydrogen-bond donors (Lipinski definition) is 0. The van der Waals surface area contributed by atoms with Gasteiger partial charge in [0.2, 0.25) is 6.29 Å². The SMILES string of the molecule is CC(=O)OC[C@@H]1O[C@H](OC(C)=O)[C@@H](O[C@@H]2O[C@H](COC(C)=O)[C@@H](OC(C)=O)[C@@H](OC(C)=O)[C@H]2OC(C)=O)[C@H](OC(C)=O)[C@H]1OC(C)=O. The molecule has 0 aromatic heterocycles. The minimum atomic E-state index is -1.86. The van der Waals surface area contributed by atoms with Crippen molar-refractivity contribution in [1.29, 1.82) is 0 Å². The van der Waals surface area contributed by atoms with Crippen LogP contribution < -0.4 is 0 Å². The van der Waals surface area contributed by atoms with Crippen LogP contribution >= 0.6 is 0 Å². The van der Waals surface area contributed by atoms with Crippen LogP contribution in [0.3, 0.4) is 0 Å². The summed E-state index contributed by atoms with van der Waals surface area (Å²) in [4.78, 5) is 96.3. The average molecular weight is 679 g/mol. The van der Waals surface area contributed by atoms with Gasteiger partial charge >= 0.3 is 47.8 Å². The largest absolute Gasteiger partial charge is 0.463 e. The van der Waals surface area contributed by atoms with Gasteiger partial charge in [0.05, 0.1) is 0 Å². The third kappa shape index (κ3) is 12.1. The molecule has 2 aliphatic rings. The van der Waals surface area contributed by atoms with Gasteiger partial charge in [-0.2, -0.15) is 0 Å². The third-order valence-corrected chi connectivity index (χ3v) is 6.17. The first-order valence-electron chi connectivity index (χ1n) is 14.2. The van der Waals surface area contributed by atoms with Crippen molar-refractivity contribution in [2.24, 2.45) is 0 Å². The van der Waals surface area contributed by atoms with Crippen LogP contribution in [0.2, 0.25) is 0 Å². The molecule has 47 heavy (non-hydrogen) atoms. The van der Waals surface area contributed by atoms with Crippen molar-refractivity contribution >= 4 is 47.8 Å². The summed E-state index contributed by atoms with van der Waals surface area (Å²) >= 11 is 0. The van der Waals surface area contributed by atoms with Crippen molar-refractivity contribution < 1.29 is 90.5 Å². The van der Waals surface area contributed by atoms with E-state index in [4.69, 9.17) is 52.1 Å². The van der Waals surface area contributed by atoms with Crippen LogP contribution in [0, 0.1) is 0 Å². The Morgan fingerprint density at radius 1 is 0.383 bits per heavy atom. The number of carbonyl (C=O) groups is 8. The summed E-state index contributed by atoms with van der Waals surface area (Å²) < 4.78 is 60.2. The van der Waals surface area contributed by atoms with Crippen molar-refractivity contribution in [2.75, 3.05) is 13.2 Å². The first kappa shape index (κ1) is 38.8. The van der Waals surface area contributed by atoms with E-state index in [1.54, 1.807) is 0 Å². The highest BCUT2D eigenvalue weighted by atomic mass is 16.8. The second-order valence-electron chi connectivity index (χ2n) is 10.3. The normalized spacial score (nSPS) is 30.0. The lowest BCUT2D eigenvalue weighted by Gasteiger charge is -2.48. The molecule has 0 aromatic carbocycles. The van der Waals surface area contributed by atoms with E-state index in [-0.39, 0.29) is 0 Å². The Balaban J connectivity index is 2.72. The second kappa shape index (κ2) is 17.5. The average Bonchev–Trinajstić information content (AvgIpc) is 2.91. The molecule has 0 saturated carbocycles. The van der Waals surface area contributed by atoms with E-state index < -0.39 is 122 Å². The maximum atomic E-state index is 12.3. The van der Waals surface area contributed by atoms with Crippen LogP contribution in [0.25, 0.3) is 0 Å². The van der Waals surface area contributed by atoms with Gasteiger partial charge in [0.15, 0.2) is 42.9 Å². The molecule has 0 bridgehead atoms. The van der Waals surface area contributed by atoms with Crippen LogP contribution in [0.5, 0.6) is 0 Å². The summed E-state index contributed by atoms with van der Waals surface area (Å²) in [5.74, 6) is -7.02. The van der Waals surface area contributed by atoms with Crippen LogP contribution in [-0.4, -0.2) is 122 Å². The zero-order valence-electron chi connectivity index (χ0n) is 26.9. The predicted octanol–water partition coefficient (Wildman–Crippen LogP) is -0.831. The van der Waals surface area contributed by atoms with Crippen LogP contribution in [0.4, 0.5) is 0 Å². The Bertz CT molecular complexity index is 1200. The van der Waals surface area contributed by atoms with E-state index >= 15 is 0 Å². The fourth-order valence-electron chi connectivity index (χ4n) is 4.73. The first-order chi connectivity index (χ1) is 21.9. The Kier molecular flexibility index (Phi) is 14.5.